The van der Waals surface area contributed by atoms with Crippen molar-refractivity contribution in [3.63, 3.8) is 0 Å². The normalized spacial score (nSPS) is 11.8. The zero-order chi connectivity index (χ0) is 19.9. The van der Waals surface area contributed by atoms with E-state index >= 15 is 0 Å². The third kappa shape index (κ3) is 5.16. The summed E-state index contributed by atoms with van der Waals surface area (Å²) in [5, 5.41) is 2.81. The summed E-state index contributed by atoms with van der Waals surface area (Å²) in [4.78, 5) is 19.3. The van der Waals surface area contributed by atoms with Gasteiger partial charge in [0, 0.05) is 17.0 Å². The molecule has 0 aliphatic rings. The quantitative estimate of drug-likeness (QED) is 0.517. The fraction of sp³-hybridized carbons (Fsp3) is 0.273. The van der Waals surface area contributed by atoms with Gasteiger partial charge in [-0.3, -0.25) is 4.79 Å². The van der Waals surface area contributed by atoms with Gasteiger partial charge in [-0.1, -0.05) is 25.1 Å². The first-order valence-electron chi connectivity index (χ1n) is 9.24. The Balaban J connectivity index is 1.68. The fourth-order valence-electron chi connectivity index (χ4n) is 2.73. The second kappa shape index (κ2) is 9.46. The van der Waals surface area contributed by atoms with Crippen molar-refractivity contribution in [3.05, 3.63) is 82.1 Å². The molecule has 1 aromatic heterocycles. The summed E-state index contributed by atoms with van der Waals surface area (Å²) < 4.78 is 18.9. The van der Waals surface area contributed by atoms with E-state index in [1.807, 2.05) is 49.6 Å². The van der Waals surface area contributed by atoms with Crippen LogP contribution < -0.4 is 4.74 Å². The lowest BCUT2D eigenvalue weighted by atomic mass is 10.1. The van der Waals surface area contributed by atoms with Crippen molar-refractivity contribution in [1.29, 1.82) is 0 Å². The van der Waals surface area contributed by atoms with Gasteiger partial charge in [-0.05, 0) is 49.7 Å². The van der Waals surface area contributed by atoms with E-state index in [0.717, 1.165) is 22.9 Å². The summed E-state index contributed by atoms with van der Waals surface area (Å²) in [6.45, 7) is 4.85. The lowest BCUT2D eigenvalue weighted by Gasteiger charge is -2.28. The van der Waals surface area contributed by atoms with E-state index in [1.54, 1.807) is 4.90 Å². The Labute approximate surface area is 168 Å². The fourth-order valence-corrected chi connectivity index (χ4v) is 3.43. The second-order valence-corrected chi connectivity index (χ2v) is 7.47. The Morgan fingerprint density at radius 3 is 2.57 bits per heavy atom. The van der Waals surface area contributed by atoms with E-state index in [0.29, 0.717) is 18.7 Å². The molecule has 0 saturated heterocycles. The number of carbonyl (C=O) groups excluding carboxylic acids is 1. The van der Waals surface area contributed by atoms with Crippen LogP contribution in [-0.4, -0.2) is 21.8 Å². The second-order valence-electron chi connectivity index (χ2n) is 6.53. The molecule has 0 aliphatic heterocycles. The first-order chi connectivity index (χ1) is 13.6. The molecule has 1 amide bonds. The standard InChI is InChI=1S/C22H23FN2O2S/c1-3-16(2)25(22(26)17-9-11-18(23)12-10-17)13-19-15-28-21(24-19)14-27-20-7-5-4-6-8-20/h4-12,15-16H,3,13-14H2,1-2H3/t16-/m1/s1. The molecule has 0 spiro atoms. The summed E-state index contributed by atoms with van der Waals surface area (Å²) in [5.74, 6) is 0.325. The van der Waals surface area contributed by atoms with Crippen molar-refractivity contribution >= 4 is 17.2 Å². The van der Waals surface area contributed by atoms with E-state index < -0.39 is 0 Å². The number of hydrogen-bond donors (Lipinski definition) is 0. The van der Waals surface area contributed by atoms with Crippen LogP contribution in [0.3, 0.4) is 0 Å². The maximum absolute atomic E-state index is 13.2. The van der Waals surface area contributed by atoms with Crippen LogP contribution in [0.5, 0.6) is 5.75 Å². The number of carbonyl (C=O) groups is 1. The molecule has 0 unspecified atom stereocenters. The van der Waals surface area contributed by atoms with Crippen molar-refractivity contribution in [1.82, 2.24) is 9.88 Å². The predicted molar refractivity (Wildman–Crippen MR) is 109 cm³/mol. The molecule has 0 bridgehead atoms. The highest BCUT2D eigenvalue weighted by Gasteiger charge is 2.22. The van der Waals surface area contributed by atoms with Gasteiger partial charge < -0.3 is 9.64 Å². The van der Waals surface area contributed by atoms with Crippen molar-refractivity contribution in [2.45, 2.75) is 39.5 Å². The first-order valence-corrected chi connectivity index (χ1v) is 10.1. The van der Waals surface area contributed by atoms with E-state index in [2.05, 4.69) is 4.98 Å². The van der Waals surface area contributed by atoms with Crippen molar-refractivity contribution in [3.8, 4) is 5.75 Å². The highest BCUT2D eigenvalue weighted by Crippen LogP contribution is 2.19. The molecule has 1 atom stereocenters. The van der Waals surface area contributed by atoms with Gasteiger partial charge in [-0.25, -0.2) is 9.37 Å². The van der Waals surface area contributed by atoms with Crippen LogP contribution in [0.4, 0.5) is 4.39 Å². The summed E-state index contributed by atoms with van der Waals surface area (Å²) in [6, 6.07) is 15.3. The molecule has 3 aromatic rings. The number of aromatic nitrogens is 1. The molecule has 146 valence electrons. The number of ether oxygens (including phenoxy) is 1. The molecule has 0 aliphatic carbocycles. The average Bonchev–Trinajstić information content (AvgIpc) is 3.18. The number of thiazole rings is 1. The Bertz CT molecular complexity index is 896. The highest BCUT2D eigenvalue weighted by molar-refractivity contribution is 7.09. The van der Waals surface area contributed by atoms with Crippen LogP contribution in [-0.2, 0) is 13.2 Å². The van der Waals surface area contributed by atoms with Gasteiger partial charge in [0.05, 0.1) is 12.2 Å². The minimum Gasteiger partial charge on any atom is -0.486 e. The van der Waals surface area contributed by atoms with Gasteiger partial charge in [0.2, 0.25) is 0 Å². The van der Waals surface area contributed by atoms with Gasteiger partial charge in [0.1, 0.15) is 23.2 Å². The summed E-state index contributed by atoms with van der Waals surface area (Å²) in [6.07, 6.45) is 0.820. The van der Waals surface area contributed by atoms with E-state index in [9.17, 15) is 9.18 Å². The Morgan fingerprint density at radius 1 is 1.18 bits per heavy atom. The van der Waals surface area contributed by atoms with Crippen LogP contribution in [0.1, 0.15) is 41.3 Å². The zero-order valence-corrected chi connectivity index (χ0v) is 16.8. The SMILES string of the molecule is CC[C@@H](C)N(Cc1csc(COc2ccccc2)n1)C(=O)c1ccc(F)cc1. The molecule has 3 rings (SSSR count). The van der Waals surface area contributed by atoms with Crippen molar-refractivity contribution in [2.75, 3.05) is 0 Å². The predicted octanol–water partition coefficient (Wildman–Crippen LogP) is 5.30. The lowest BCUT2D eigenvalue weighted by molar-refractivity contribution is 0.0669. The third-order valence-electron chi connectivity index (χ3n) is 4.51. The minimum absolute atomic E-state index is 0.0447. The van der Waals surface area contributed by atoms with Gasteiger partial charge in [0.25, 0.3) is 5.91 Å². The molecule has 0 radical (unpaired) electrons. The van der Waals surface area contributed by atoms with E-state index in [4.69, 9.17) is 4.74 Å². The Hall–Kier alpha value is -2.73. The van der Waals surface area contributed by atoms with Crippen molar-refractivity contribution in [2.24, 2.45) is 0 Å². The van der Waals surface area contributed by atoms with Crippen molar-refractivity contribution < 1.29 is 13.9 Å². The van der Waals surface area contributed by atoms with Crippen LogP contribution in [0.15, 0.2) is 60.0 Å². The minimum atomic E-state index is -0.353. The van der Waals surface area contributed by atoms with E-state index in [1.165, 1.54) is 35.6 Å². The maximum Gasteiger partial charge on any atom is 0.254 e. The number of amides is 1. The number of para-hydroxylation sites is 1. The molecular formula is C22H23FN2O2S. The molecule has 0 fully saturated rings. The zero-order valence-electron chi connectivity index (χ0n) is 16.0. The largest absolute Gasteiger partial charge is 0.486 e. The number of halogens is 1. The molecule has 0 saturated carbocycles. The van der Waals surface area contributed by atoms with Gasteiger partial charge in [0.15, 0.2) is 0 Å². The van der Waals surface area contributed by atoms with Crippen LogP contribution in [0, 0.1) is 5.82 Å². The van der Waals surface area contributed by atoms with Gasteiger partial charge >= 0.3 is 0 Å². The molecular weight excluding hydrogens is 375 g/mol. The Kier molecular flexibility index (Phi) is 6.76. The van der Waals surface area contributed by atoms with E-state index in [-0.39, 0.29) is 17.8 Å². The summed E-state index contributed by atoms with van der Waals surface area (Å²) in [5.41, 5.74) is 1.30. The third-order valence-corrected chi connectivity index (χ3v) is 5.38. The van der Waals surface area contributed by atoms with Gasteiger partial charge in [-0.2, -0.15) is 0 Å². The van der Waals surface area contributed by atoms with Crippen LogP contribution in [0.25, 0.3) is 0 Å². The smallest absolute Gasteiger partial charge is 0.254 e. The molecule has 1 heterocycles. The number of benzene rings is 2. The van der Waals surface area contributed by atoms with Gasteiger partial charge in [-0.15, -0.1) is 11.3 Å². The first kappa shape index (κ1) is 20.0. The van der Waals surface area contributed by atoms with Crippen LogP contribution >= 0.6 is 11.3 Å². The highest BCUT2D eigenvalue weighted by atomic mass is 32.1. The summed E-state index contributed by atoms with van der Waals surface area (Å²) >= 11 is 1.52. The average molecular weight is 399 g/mol. The van der Waals surface area contributed by atoms with Crippen LogP contribution in [0.2, 0.25) is 0 Å². The topological polar surface area (TPSA) is 42.4 Å². The molecule has 2 aromatic carbocycles. The number of hydrogen-bond acceptors (Lipinski definition) is 4. The number of rotatable bonds is 8. The maximum atomic E-state index is 13.2. The molecule has 4 nitrogen and oxygen atoms in total. The Morgan fingerprint density at radius 2 is 1.89 bits per heavy atom. The molecule has 6 heteroatoms. The summed E-state index contributed by atoms with van der Waals surface area (Å²) in [7, 11) is 0. The number of nitrogens with zero attached hydrogens (tertiary/aromatic N) is 2. The molecule has 0 N–H and O–H groups in total. The monoisotopic (exact) mass is 398 g/mol. The lowest BCUT2D eigenvalue weighted by Crippen LogP contribution is -2.37. The molecule has 28 heavy (non-hydrogen) atoms.